The van der Waals surface area contributed by atoms with Crippen molar-refractivity contribution in [2.75, 3.05) is 46.2 Å². The quantitative estimate of drug-likeness (QED) is 0.436. The van der Waals surface area contributed by atoms with Crippen LogP contribution in [0.25, 0.3) is 0 Å². The number of anilines is 1. The molecule has 1 aromatic carbocycles. The number of rotatable bonds is 9. The molecule has 1 amide bonds. The molecule has 8 nitrogen and oxygen atoms in total. The maximum absolute atomic E-state index is 12.9. The van der Waals surface area contributed by atoms with Gasteiger partial charge in [-0.3, -0.25) is 9.78 Å². The van der Waals surface area contributed by atoms with Crippen LogP contribution in [0.3, 0.4) is 0 Å². The third-order valence-electron chi connectivity index (χ3n) is 5.60. The molecule has 174 valence electrons. The molecule has 1 aliphatic rings. The Balaban J connectivity index is 1.49. The maximum atomic E-state index is 12.9. The average molecular weight is 463 g/mol. The fraction of sp³-hybridized carbons (Fsp3) is 0.478. The molecule has 2 unspecified atom stereocenters. The fourth-order valence-electron chi connectivity index (χ4n) is 3.77. The summed E-state index contributed by atoms with van der Waals surface area (Å²) >= 11 is 6.11. The second-order valence-electron chi connectivity index (χ2n) is 7.85. The molecule has 1 aliphatic heterocycles. The molecule has 0 bridgehead atoms. The maximum Gasteiger partial charge on any atom is 0.255 e. The molecule has 9 heteroatoms. The minimum Gasteiger partial charge on any atom is -0.496 e. The number of carbonyl (C=O) groups is 1. The SMILES string of the molecule is COc1cc(N)c(Cl)cc1C(=O)NC1CCN(CCCOc2ccc(C)nc2)CC1OC. The number of nitrogens with zero attached hydrogens (tertiary/aromatic N) is 2. The van der Waals surface area contributed by atoms with Crippen molar-refractivity contribution in [2.45, 2.75) is 31.9 Å². The van der Waals surface area contributed by atoms with Gasteiger partial charge in [-0.25, -0.2) is 0 Å². The van der Waals surface area contributed by atoms with Gasteiger partial charge in [-0.05, 0) is 38.0 Å². The van der Waals surface area contributed by atoms with Crippen molar-refractivity contribution in [3.8, 4) is 11.5 Å². The Morgan fingerprint density at radius 3 is 2.84 bits per heavy atom. The second kappa shape index (κ2) is 11.4. The Morgan fingerprint density at radius 1 is 1.34 bits per heavy atom. The van der Waals surface area contributed by atoms with Crippen LogP contribution in [0.2, 0.25) is 5.02 Å². The highest BCUT2D eigenvalue weighted by Gasteiger charge is 2.31. The highest BCUT2D eigenvalue weighted by atomic mass is 35.5. The van der Waals surface area contributed by atoms with E-state index in [4.69, 9.17) is 31.5 Å². The minimum absolute atomic E-state index is 0.111. The average Bonchev–Trinajstić information content (AvgIpc) is 2.80. The van der Waals surface area contributed by atoms with E-state index in [1.54, 1.807) is 19.4 Å². The number of hydrogen-bond donors (Lipinski definition) is 2. The van der Waals surface area contributed by atoms with Gasteiger partial charge < -0.3 is 30.2 Å². The van der Waals surface area contributed by atoms with E-state index in [0.717, 1.165) is 43.9 Å². The molecule has 1 fully saturated rings. The van der Waals surface area contributed by atoms with Crippen LogP contribution in [0.4, 0.5) is 5.69 Å². The Kier molecular flexibility index (Phi) is 8.55. The molecule has 3 N–H and O–H groups in total. The number of nitrogens with two attached hydrogens (primary N) is 1. The molecule has 2 aromatic rings. The third-order valence-corrected chi connectivity index (χ3v) is 5.92. The summed E-state index contributed by atoms with van der Waals surface area (Å²) in [4.78, 5) is 19.4. The number of halogens is 1. The number of pyridine rings is 1. The second-order valence-corrected chi connectivity index (χ2v) is 8.26. The number of ether oxygens (including phenoxy) is 3. The van der Waals surface area contributed by atoms with E-state index >= 15 is 0 Å². The number of nitrogens with one attached hydrogen (secondary N) is 1. The van der Waals surface area contributed by atoms with E-state index in [1.807, 2.05) is 19.1 Å². The van der Waals surface area contributed by atoms with Crippen molar-refractivity contribution >= 4 is 23.2 Å². The highest BCUT2D eigenvalue weighted by molar-refractivity contribution is 6.33. The van der Waals surface area contributed by atoms with Crippen molar-refractivity contribution in [1.29, 1.82) is 0 Å². The summed E-state index contributed by atoms with van der Waals surface area (Å²) in [6, 6.07) is 6.85. The van der Waals surface area contributed by atoms with E-state index in [0.29, 0.717) is 28.6 Å². The summed E-state index contributed by atoms with van der Waals surface area (Å²) in [5, 5.41) is 3.39. The molecular formula is C23H31ClN4O4. The van der Waals surface area contributed by atoms with E-state index in [9.17, 15) is 4.79 Å². The van der Waals surface area contributed by atoms with Crippen molar-refractivity contribution in [3.05, 3.63) is 46.7 Å². The lowest BCUT2D eigenvalue weighted by Crippen LogP contribution is -2.55. The van der Waals surface area contributed by atoms with Crippen LogP contribution in [0.5, 0.6) is 11.5 Å². The standard InChI is InChI=1S/C23H31ClN4O4/c1-15-5-6-16(13-26-15)32-10-4-8-28-9-7-20(22(14-28)31-3)27-23(29)17-11-18(24)19(25)12-21(17)30-2/h5-6,11-13,20,22H,4,7-10,14,25H2,1-3H3,(H,27,29). The first-order valence-electron chi connectivity index (χ1n) is 10.7. The van der Waals surface area contributed by atoms with Gasteiger partial charge in [0, 0.05) is 38.5 Å². The lowest BCUT2D eigenvalue weighted by atomic mass is 10.0. The van der Waals surface area contributed by atoms with Crippen LogP contribution >= 0.6 is 11.6 Å². The summed E-state index contributed by atoms with van der Waals surface area (Å²) in [6.07, 6.45) is 3.29. The number of nitrogen functional groups attached to an aromatic ring is 1. The summed E-state index contributed by atoms with van der Waals surface area (Å²) in [6.45, 7) is 5.05. The number of carbonyl (C=O) groups excluding carboxylic acids is 1. The van der Waals surface area contributed by atoms with Crippen molar-refractivity contribution in [2.24, 2.45) is 0 Å². The van der Waals surface area contributed by atoms with Crippen LogP contribution in [0, 0.1) is 6.92 Å². The largest absolute Gasteiger partial charge is 0.496 e. The van der Waals surface area contributed by atoms with E-state index in [1.165, 1.54) is 13.2 Å². The summed E-state index contributed by atoms with van der Waals surface area (Å²) < 4.78 is 16.7. The van der Waals surface area contributed by atoms with E-state index < -0.39 is 0 Å². The van der Waals surface area contributed by atoms with Crippen LogP contribution in [0.15, 0.2) is 30.5 Å². The predicted molar refractivity (Wildman–Crippen MR) is 125 cm³/mol. The van der Waals surface area contributed by atoms with Crippen molar-refractivity contribution in [1.82, 2.24) is 15.2 Å². The van der Waals surface area contributed by atoms with Gasteiger partial charge in [0.2, 0.25) is 0 Å². The van der Waals surface area contributed by atoms with Gasteiger partial charge in [-0.2, -0.15) is 0 Å². The Hall–Kier alpha value is -2.55. The van der Waals surface area contributed by atoms with Gasteiger partial charge in [-0.15, -0.1) is 0 Å². The molecular weight excluding hydrogens is 432 g/mol. The van der Waals surface area contributed by atoms with Gasteiger partial charge >= 0.3 is 0 Å². The minimum atomic E-state index is -0.260. The molecule has 1 saturated heterocycles. The number of hydrogen-bond acceptors (Lipinski definition) is 7. The van der Waals surface area contributed by atoms with Crippen LogP contribution in [-0.2, 0) is 4.74 Å². The fourth-order valence-corrected chi connectivity index (χ4v) is 3.93. The number of aryl methyl sites for hydroxylation is 1. The first-order valence-corrected chi connectivity index (χ1v) is 11.0. The number of benzene rings is 1. The first kappa shape index (κ1) is 24.1. The molecule has 0 aliphatic carbocycles. The lowest BCUT2D eigenvalue weighted by Gasteiger charge is -2.38. The highest BCUT2D eigenvalue weighted by Crippen LogP contribution is 2.29. The number of aromatic nitrogens is 1. The topological polar surface area (TPSA) is 98.9 Å². The molecule has 3 rings (SSSR count). The number of methoxy groups -OCH3 is 2. The van der Waals surface area contributed by atoms with E-state index in [-0.39, 0.29) is 18.1 Å². The number of amides is 1. The van der Waals surface area contributed by atoms with Crippen molar-refractivity contribution in [3.63, 3.8) is 0 Å². The monoisotopic (exact) mass is 462 g/mol. The molecule has 0 spiro atoms. The molecule has 2 heterocycles. The van der Waals surface area contributed by atoms with Gasteiger partial charge in [0.15, 0.2) is 0 Å². The smallest absolute Gasteiger partial charge is 0.255 e. The first-order chi connectivity index (χ1) is 15.4. The van der Waals surface area contributed by atoms with Crippen LogP contribution < -0.4 is 20.5 Å². The number of piperidine rings is 1. The van der Waals surface area contributed by atoms with Gasteiger partial charge in [-0.1, -0.05) is 11.6 Å². The van der Waals surface area contributed by atoms with Crippen molar-refractivity contribution < 1.29 is 19.0 Å². The Morgan fingerprint density at radius 2 is 2.16 bits per heavy atom. The van der Waals surface area contributed by atoms with Gasteiger partial charge in [0.05, 0.1) is 48.3 Å². The third kappa shape index (κ3) is 6.25. The summed E-state index contributed by atoms with van der Waals surface area (Å²) in [5.74, 6) is 0.911. The molecule has 0 saturated carbocycles. The zero-order chi connectivity index (χ0) is 23.1. The molecule has 0 radical (unpaired) electrons. The molecule has 32 heavy (non-hydrogen) atoms. The zero-order valence-corrected chi connectivity index (χ0v) is 19.5. The summed E-state index contributed by atoms with van der Waals surface area (Å²) in [5.41, 5.74) is 7.50. The van der Waals surface area contributed by atoms with Crippen LogP contribution in [-0.4, -0.2) is 68.4 Å². The number of likely N-dealkylation sites (tertiary alicyclic amines) is 1. The van der Waals surface area contributed by atoms with Gasteiger partial charge in [0.1, 0.15) is 11.5 Å². The predicted octanol–water partition coefficient (Wildman–Crippen LogP) is 2.92. The van der Waals surface area contributed by atoms with Crippen LogP contribution in [0.1, 0.15) is 28.9 Å². The Labute approximate surface area is 194 Å². The van der Waals surface area contributed by atoms with Gasteiger partial charge in [0.25, 0.3) is 5.91 Å². The molecule has 1 aromatic heterocycles. The normalized spacial score (nSPS) is 18.9. The van der Waals surface area contributed by atoms with E-state index in [2.05, 4.69) is 15.2 Å². The zero-order valence-electron chi connectivity index (χ0n) is 18.8. The Bertz CT molecular complexity index is 910. The summed E-state index contributed by atoms with van der Waals surface area (Å²) in [7, 11) is 3.16. The lowest BCUT2D eigenvalue weighted by molar-refractivity contribution is 0.00527. The molecule has 2 atom stereocenters.